The van der Waals surface area contributed by atoms with Gasteiger partial charge < -0.3 is 5.32 Å². The molecule has 1 N–H and O–H groups in total. The number of anilines is 1. The van der Waals surface area contributed by atoms with Gasteiger partial charge in [-0.1, -0.05) is 26.0 Å². The lowest BCUT2D eigenvalue weighted by atomic mass is 9.67. The van der Waals surface area contributed by atoms with E-state index in [2.05, 4.69) is 34.3 Å². The first-order chi connectivity index (χ1) is 14.9. The number of rotatable bonds is 3. The summed E-state index contributed by atoms with van der Waals surface area (Å²) in [6.45, 7) is 4.17. The molecule has 2 aromatic heterocycles. The molecule has 1 fully saturated rings. The molecule has 6 nitrogen and oxygen atoms in total. The molecule has 3 aromatic rings. The van der Waals surface area contributed by atoms with E-state index in [0.717, 1.165) is 12.0 Å². The summed E-state index contributed by atoms with van der Waals surface area (Å²) < 4.78 is 14.3. The largest absolute Gasteiger partial charge is 0.310 e. The fourth-order valence-corrected chi connectivity index (χ4v) is 5.38. The standard InChI is InChI=1S/C24H20FN5O/c1-23(2)17-9-10-24(23,22(31)28-20-8-7-14(12-26)13-27-20)21-16(17)11-19(29-30-21)15-5-3-4-6-18(15)25/h3-8,11,13,17H,9-10H2,1-2H3,(H,27,28,31)/t17-,24?/m1/s1. The lowest BCUT2D eigenvalue weighted by Crippen LogP contribution is -2.47. The van der Waals surface area contributed by atoms with Crippen molar-refractivity contribution in [2.24, 2.45) is 5.41 Å². The van der Waals surface area contributed by atoms with Crippen LogP contribution in [0.2, 0.25) is 0 Å². The Labute approximate surface area is 179 Å². The van der Waals surface area contributed by atoms with Crippen molar-refractivity contribution in [3.63, 3.8) is 0 Å². The van der Waals surface area contributed by atoms with Gasteiger partial charge in [0.2, 0.25) is 5.91 Å². The average Bonchev–Trinajstić information content (AvgIpc) is 3.16. The number of hydrogen-bond acceptors (Lipinski definition) is 5. The van der Waals surface area contributed by atoms with E-state index >= 15 is 0 Å². The van der Waals surface area contributed by atoms with Gasteiger partial charge in [-0.15, -0.1) is 0 Å². The molecule has 1 saturated carbocycles. The molecule has 2 aliphatic carbocycles. The lowest BCUT2D eigenvalue weighted by Gasteiger charge is -2.36. The molecule has 2 aliphatic rings. The second kappa shape index (κ2) is 6.67. The first-order valence-electron chi connectivity index (χ1n) is 10.2. The third-order valence-corrected chi connectivity index (χ3v) is 7.05. The van der Waals surface area contributed by atoms with Crippen molar-refractivity contribution in [1.82, 2.24) is 15.2 Å². The summed E-state index contributed by atoms with van der Waals surface area (Å²) in [5.74, 6) is -0.00683. The van der Waals surface area contributed by atoms with Crippen LogP contribution in [0.15, 0.2) is 48.7 Å². The molecule has 0 radical (unpaired) electrons. The number of pyridine rings is 1. The second-order valence-electron chi connectivity index (χ2n) is 8.73. The normalized spacial score (nSPS) is 22.6. The summed E-state index contributed by atoms with van der Waals surface area (Å²) in [6, 6.07) is 13.6. The molecule has 1 amide bonds. The number of fused-ring (bicyclic) bond motifs is 5. The lowest BCUT2D eigenvalue weighted by molar-refractivity contribution is -0.124. The van der Waals surface area contributed by atoms with Crippen LogP contribution in [0.3, 0.4) is 0 Å². The van der Waals surface area contributed by atoms with E-state index in [1.807, 2.05) is 12.1 Å². The van der Waals surface area contributed by atoms with Gasteiger partial charge in [0, 0.05) is 11.8 Å². The number of hydrogen-bond donors (Lipinski definition) is 1. The minimum Gasteiger partial charge on any atom is -0.310 e. The first-order valence-corrected chi connectivity index (χ1v) is 10.2. The number of halogens is 1. The molecular weight excluding hydrogens is 393 g/mol. The van der Waals surface area contributed by atoms with E-state index in [0.29, 0.717) is 34.8 Å². The Balaban J connectivity index is 1.56. The molecule has 154 valence electrons. The van der Waals surface area contributed by atoms with Crippen molar-refractivity contribution in [2.75, 3.05) is 5.32 Å². The van der Waals surface area contributed by atoms with Crippen LogP contribution in [0.25, 0.3) is 11.3 Å². The molecule has 0 spiro atoms. The number of nitrogens with zero attached hydrogens (tertiary/aromatic N) is 4. The van der Waals surface area contributed by atoms with Crippen LogP contribution < -0.4 is 5.32 Å². The second-order valence-corrected chi connectivity index (χ2v) is 8.73. The minimum atomic E-state index is -0.844. The Bertz CT molecular complexity index is 1250. The van der Waals surface area contributed by atoms with E-state index in [4.69, 9.17) is 5.26 Å². The summed E-state index contributed by atoms with van der Waals surface area (Å²) >= 11 is 0. The zero-order valence-corrected chi connectivity index (χ0v) is 17.2. The van der Waals surface area contributed by atoms with Crippen LogP contribution in [0.4, 0.5) is 10.2 Å². The summed E-state index contributed by atoms with van der Waals surface area (Å²) in [7, 11) is 0. The summed E-state index contributed by atoms with van der Waals surface area (Å²) in [5.41, 5.74) is 1.71. The quantitative estimate of drug-likeness (QED) is 0.690. The van der Waals surface area contributed by atoms with E-state index < -0.39 is 5.41 Å². The topological polar surface area (TPSA) is 91.6 Å². The molecule has 31 heavy (non-hydrogen) atoms. The molecule has 0 saturated heterocycles. The minimum absolute atomic E-state index is 0.128. The predicted octanol–water partition coefficient (Wildman–Crippen LogP) is 4.34. The molecule has 7 heteroatoms. The maximum atomic E-state index is 14.3. The number of nitriles is 1. The van der Waals surface area contributed by atoms with Gasteiger partial charge in [0.25, 0.3) is 0 Å². The number of amides is 1. The number of benzene rings is 1. The molecule has 5 rings (SSSR count). The van der Waals surface area contributed by atoms with Crippen molar-refractivity contribution >= 4 is 11.7 Å². The highest BCUT2D eigenvalue weighted by atomic mass is 19.1. The summed E-state index contributed by atoms with van der Waals surface area (Å²) in [5, 5.41) is 20.6. The van der Waals surface area contributed by atoms with Crippen molar-refractivity contribution < 1.29 is 9.18 Å². The molecular formula is C24H20FN5O. The van der Waals surface area contributed by atoms with E-state index in [-0.39, 0.29) is 23.1 Å². The predicted molar refractivity (Wildman–Crippen MR) is 112 cm³/mol. The maximum Gasteiger partial charge on any atom is 0.238 e. The Kier molecular flexibility index (Phi) is 4.16. The third kappa shape index (κ3) is 2.61. The molecule has 0 aliphatic heterocycles. The van der Waals surface area contributed by atoms with Crippen LogP contribution in [0, 0.1) is 22.6 Å². The molecule has 1 unspecified atom stereocenters. The first kappa shape index (κ1) is 19.3. The molecule has 2 heterocycles. The average molecular weight is 413 g/mol. The number of carbonyl (C=O) groups excluding carboxylic acids is 1. The highest BCUT2D eigenvalue weighted by Gasteiger charge is 2.67. The fraction of sp³-hybridized carbons (Fsp3) is 0.292. The third-order valence-electron chi connectivity index (χ3n) is 7.05. The fourth-order valence-electron chi connectivity index (χ4n) is 5.38. The zero-order chi connectivity index (χ0) is 21.8. The zero-order valence-electron chi connectivity index (χ0n) is 17.2. The summed E-state index contributed by atoms with van der Waals surface area (Å²) in [4.78, 5) is 17.8. The summed E-state index contributed by atoms with van der Waals surface area (Å²) in [6.07, 6.45) is 2.93. The van der Waals surface area contributed by atoms with Crippen molar-refractivity contribution in [3.8, 4) is 17.3 Å². The van der Waals surface area contributed by atoms with Gasteiger partial charge in [-0.3, -0.25) is 4.79 Å². The van der Waals surface area contributed by atoms with Crippen LogP contribution >= 0.6 is 0 Å². The van der Waals surface area contributed by atoms with E-state index in [1.54, 1.807) is 30.3 Å². The Morgan fingerprint density at radius 2 is 2.03 bits per heavy atom. The number of nitrogens with one attached hydrogen (secondary N) is 1. The van der Waals surface area contributed by atoms with Crippen molar-refractivity contribution in [2.45, 2.75) is 38.0 Å². The van der Waals surface area contributed by atoms with Gasteiger partial charge in [0.05, 0.1) is 22.4 Å². The number of aromatic nitrogens is 3. The smallest absolute Gasteiger partial charge is 0.238 e. The highest BCUT2D eigenvalue weighted by Crippen LogP contribution is 2.67. The Morgan fingerprint density at radius 3 is 2.74 bits per heavy atom. The maximum absolute atomic E-state index is 14.3. The van der Waals surface area contributed by atoms with Crippen LogP contribution in [0.5, 0.6) is 0 Å². The van der Waals surface area contributed by atoms with Gasteiger partial charge >= 0.3 is 0 Å². The van der Waals surface area contributed by atoms with Crippen LogP contribution in [-0.4, -0.2) is 21.1 Å². The Morgan fingerprint density at radius 1 is 1.23 bits per heavy atom. The van der Waals surface area contributed by atoms with Crippen molar-refractivity contribution in [3.05, 3.63) is 71.3 Å². The van der Waals surface area contributed by atoms with Gasteiger partial charge in [-0.25, -0.2) is 9.37 Å². The van der Waals surface area contributed by atoms with Crippen LogP contribution in [0.1, 0.15) is 49.4 Å². The van der Waals surface area contributed by atoms with Gasteiger partial charge in [0.1, 0.15) is 17.7 Å². The van der Waals surface area contributed by atoms with E-state index in [1.165, 1.54) is 12.3 Å². The van der Waals surface area contributed by atoms with Gasteiger partial charge in [0.15, 0.2) is 0 Å². The van der Waals surface area contributed by atoms with Crippen LogP contribution in [-0.2, 0) is 10.2 Å². The Hall–Kier alpha value is -3.66. The van der Waals surface area contributed by atoms with Gasteiger partial charge in [-0.2, -0.15) is 15.5 Å². The monoisotopic (exact) mass is 413 g/mol. The SMILES string of the molecule is CC1(C)[C@@H]2CCC1(C(=O)Nc1ccc(C#N)cn1)c1nnc(-c3ccccc3F)cc12. The van der Waals surface area contributed by atoms with Gasteiger partial charge in [-0.05, 0) is 60.1 Å². The molecule has 2 bridgehead atoms. The molecule has 1 aromatic carbocycles. The van der Waals surface area contributed by atoms with Crippen molar-refractivity contribution in [1.29, 1.82) is 5.26 Å². The molecule has 2 atom stereocenters. The van der Waals surface area contributed by atoms with E-state index in [9.17, 15) is 9.18 Å². The highest BCUT2D eigenvalue weighted by molar-refractivity contribution is 6.00. The number of carbonyl (C=O) groups is 1.